The molecule has 11 heteroatoms. The minimum atomic E-state index is -1.17. The number of nitrogens with one attached hydrogen (secondary N) is 3. The molecule has 1 aromatic heterocycles. The fourth-order valence-electron chi connectivity index (χ4n) is 3.38. The first-order valence-corrected chi connectivity index (χ1v) is 10.4. The summed E-state index contributed by atoms with van der Waals surface area (Å²) in [6, 6.07) is 12.8. The summed E-state index contributed by atoms with van der Waals surface area (Å²) in [6.45, 7) is 0. The predicted octanol–water partition coefficient (Wildman–Crippen LogP) is 4.79. The van der Waals surface area contributed by atoms with Gasteiger partial charge in [-0.15, -0.1) is 0 Å². The first-order chi connectivity index (χ1) is 17.3. The van der Waals surface area contributed by atoms with E-state index in [1.165, 1.54) is 43.5 Å². The largest absolute Gasteiger partial charge is 0.465 e. The van der Waals surface area contributed by atoms with E-state index in [4.69, 9.17) is 0 Å². The van der Waals surface area contributed by atoms with Gasteiger partial charge in [-0.25, -0.2) is 18.0 Å². The first-order valence-electron chi connectivity index (χ1n) is 10.4. The minimum Gasteiger partial charge on any atom is -0.465 e. The van der Waals surface area contributed by atoms with E-state index in [-0.39, 0.29) is 33.8 Å². The summed E-state index contributed by atoms with van der Waals surface area (Å²) in [6.07, 6.45) is 1.09. The monoisotopic (exact) mass is 494 g/mol. The molecule has 0 aliphatic rings. The smallest absolute Gasteiger partial charge is 0.337 e. The molecule has 0 saturated carbocycles. The molecule has 3 N–H and O–H groups in total. The number of aromatic amines is 1. The molecule has 1 heterocycles. The summed E-state index contributed by atoms with van der Waals surface area (Å²) >= 11 is 0. The second kappa shape index (κ2) is 10.1. The second-order valence-electron chi connectivity index (χ2n) is 7.43. The molecular weight excluding hydrogens is 477 g/mol. The third kappa shape index (κ3) is 4.94. The van der Waals surface area contributed by atoms with Crippen LogP contribution < -0.4 is 10.6 Å². The number of benzene rings is 3. The van der Waals surface area contributed by atoms with Crippen LogP contribution in [0, 0.1) is 17.5 Å². The van der Waals surface area contributed by atoms with Crippen molar-refractivity contribution >= 4 is 29.2 Å². The Bertz CT molecular complexity index is 1470. The lowest BCUT2D eigenvalue weighted by atomic mass is 9.99. The fourth-order valence-corrected chi connectivity index (χ4v) is 3.38. The van der Waals surface area contributed by atoms with Crippen molar-refractivity contribution in [1.82, 2.24) is 10.2 Å². The molecule has 0 aliphatic heterocycles. The molecule has 2 amide bonds. The molecule has 4 rings (SSSR count). The maximum atomic E-state index is 15.3. The number of amides is 2. The number of esters is 1. The van der Waals surface area contributed by atoms with E-state index >= 15 is 4.39 Å². The minimum absolute atomic E-state index is 0.131. The highest BCUT2D eigenvalue weighted by Gasteiger charge is 2.24. The second-order valence-corrected chi connectivity index (χ2v) is 7.43. The van der Waals surface area contributed by atoms with E-state index in [9.17, 15) is 23.2 Å². The maximum absolute atomic E-state index is 15.3. The van der Waals surface area contributed by atoms with Crippen LogP contribution in [0.3, 0.4) is 0 Å². The molecule has 0 atom stereocenters. The summed E-state index contributed by atoms with van der Waals surface area (Å²) in [5.74, 6) is -5.36. The van der Waals surface area contributed by atoms with Gasteiger partial charge in [0.1, 0.15) is 28.7 Å². The highest BCUT2D eigenvalue weighted by atomic mass is 19.1. The van der Waals surface area contributed by atoms with Gasteiger partial charge >= 0.3 is 5.97 Å². The molecule has 0 fully saturated rings. The summed E-state index contributed by atoms with van der Waals surface area (Å²) < 4.78 is 47.6. The highest BCUT2D eigenvalue weighted by molar-refractivity contribution is 6.11. The number of H-pyrrole nitrogens is 1. The van der Waals surface area contributed by atoms with Gasteiger partial charge in [-0.3, -0.25) is 14.7 Å². The average molecular weight is 494 g/mol. The molecule has 3 aromatic carbocycles. The Kier molecular flexibility index (Phi) is 6.81. The summed E-state index contributed by atoms with van der Waals surface area (Å²) in [5, 5.41) is 10.9. The van der Waals surface area contributed by atoms with E-state index in [0.29, 0.717) is 0 Å². The van der Waals surface area contributed by atoms with Crippen LogP contribution in [0.5, 0.6) is 0 Å². The van der Waals surface area contributed by atoms with Gasteiger partial charge in [0.15, 0.2) is 0 Å². The Morgan fingerprint density at radius 2 is 1.67 bits per heavy atom. The number of aromatic nitrogens is 2. The van der Waals surface area contributed by atoms with Crippen LogP contribution in [-0.4, -0.2) is 35.1 Å². The van der Waals surface area contributed by atoms with E-state index in [2.05, 4.69) is 25.6 Å². The number of carbonyl (C=O) groups is 3. The SMILES string of the molecule is COC(=O)c1cccc(-c2ccc(F)c(C(=O)Nc3cn[nH]c3C(=O)Nc3ccc(F)cc3)c2F)c1. The predicted molar refractivity (Wildman–Crippen MR) is 124 cm³/mol. The molecule has 0 unspecified atom stereocenters. The molecular formula is C25H17F3N4O4. The molecule has 0 aliphatic carbocycles. The lowest BCUT2D eigenvalue weighted by Crippen LogP contribution is -2.20. The van der Waals surface area contributed by atoms with E-state index in [1.54, 1.807) is 0 Å². The number of ether oxygens (including phenoxy) is 1. The van der Waals surface area contributed by atoms with E-state index < -0.39 is 40.8 Å². The third-order valence-corrected chi connectivity index (χ3v) is 5.13. The van der Waals surface area contributed by atoms with Crippen LogP contribution in [0.25, 0.3) is 11.1 Å². The molecule has 182 valence electrons. The molecule has 0 bridgehead atoms. The zero-order valence-electron chi connectivity index (χ0n) is 18.6. The van der Waals surface area contributed by atoms with E-state index in [0.717, 1.165) is 30.5 Å². The Labute approximate surface area is 202 Å². The number of hydrogen-bond acceptors (Lipinski definition) is 5. The number of anilines is 2. The lowest BCUT2D eigenvalue weighted by molar-refractivity contribution is 0.0600. The summed E-state index contributed by atoms with van der Waals surface area (Å²) in [7, 11) is 1.19. The number of carbonyl (C=O) groups excluding carboxylic acids is 3. The highest BCUT2D eigenvalue weighted by Crippen LogP contribution is 2.28. The van der Waals surface area contributed by atoms with Crippen LogP contribution in [0.1, 0.15) is 31.2 Å². The third-order valence-electron chi connectivity index (χ3n) is 5.13. The van der Waals surface area contributed by atoms with Gasteiger partial charge < -0.3 is 15.4 Å². The van der Waals surface area contributed by atoms with Crippen molar-refractivity contribution in [3.8, 4) is 11.1 Å². The van der Waals surface area contributed by atoms with Gasteiger partial charge in [0, 0.05) is 11.3 Å². The fraction of sp³-hybridized carbons (Fsp3) is 0.0400. The van der Waals surface area contributed by atoms with Gasteiger partial charge in [0.25, 0.3) is 11.8 Å². The quantitative estimate of drug-likeness (QED) is 0.334. The maximum Gasteiger partial charge on any atom is 0.337 e. The molecule has 36 heavy (non-hydrogen) atoms. The Morgan fingerprint density at radius 1 is 0.917 bits per heavy atom. The molecule has 0 radical (unpaired) electrons. The van der Waals surface area contributed by atoms with Crippen LogP contribution in [-0.2, 0) is 4.74 Å². The standard InChI is InChI=1S/C25H17F3N4O4/c1-36-25(35)14-4-2-3-13(11-14)17-9-10-18(27)20(21(17)28)23(33)31-19-12-29-32-22(19)24(34)30-16-7-5-15(26)6-8-16/h2-12H,1H3,(H,29,32)(H,30,34)(H,31,33). The molecule has 4 aromatic rings. The summed E-state index contributed by atoms with van der Waals surface area (Å²) in [5.41, 5.74) is -0.748. The normalized spacial score (nSPS) is 10.6. The van der Waals surface area contributed by atoms with Crippen molar-refractivity contribution in [3.63, 3.8) is 0 Å². The Morgan fingerprint density at radius 3 is 2.39 bits per heavy atom. The van der Waals surface area contributed by atoms with Crippen LogP contribution in [0.4, 0.5) is 24.5 Å². The lowest BCUT2D eigenvalue weighted by Gasteiger charge is -2.11. The zero-order valence-corrected chi connectivity index (χ0v) is 18.6. The summed E-state index contributed by atoms with van der Waals surface area (Å²) in [4.78, 5) is 37.2. The number of halogens is 3. The number of rotatable bonds is 6. The van der Waals surface area contributed by atoms with Gasteiger partial charge in [-0.05, 0) is 54.1 Å². The van der Waals surface area contributed by atoms with Crippen LogP contribution >= 0.6 is 0 Å². The Balaban J connectivity index is 1.60. The Hall–Kier alpha value is -4.93. The van der Waals surface area contributed by atoms with Crippen molar-refractivity contribution in [2.75, 3.05) is 17.7 Å². The van der Waals surface area contributed by atoms with Gasteiger partial charge in [-0.1, -0.05) is 12.1 Å². The van der Waals surface area contributed by atoms with Crippen molar-refractivity contribution in [3.05, 3.63) is 101 Å². The number of nitrogens with zero attached hydrogens (tertiary/aromatic N) is 1. The van der Waals surface area contributed by atoms with Crippen molar-refractivity contribution < 1.29 is 32.3 Å². The topological polar surface area (TPSA) is 113 Å². The first kappa shape index (κ1) is 24.2. The van der Waals surface area contributed by atoms with Gasteiger partial charge in [0.2, 0.25) is 0 Å². The van der Waals surface area contributed by atoms with Crippen molar-refractivity contribution in [1.29, 1.82) is 0 Å². The number of hydrogen-bond donors (Lipinski definition) is 3. The van der Waals surface area contributed by atoms with Crippen molar-refractivity contribution in [2.24, 2.45) is 0 Å². The van der Waals surface area contributed by atoms with Gasteiger partial charge in [0.05, 0.1) is 24.6 Å². The molecule has 0 saturated heterocycles. The zero-order chi connectivity index (χ0) is 25.8. The average Bonchev–Trinajstić information content (AvgIpc) is 3.33. The number of methoxy groups -OCH3 is 1. The van der Waals surface area contributed by atoms with Crippen LogP contribution in [0.15, 0.2) is 66.9 Å². The van der Waals surface area contributed by atoms with Gasteiger partial charge in [-0.2, -0.15) is 5.10 Å². The van der Waals surface area contributed by atoms with Crippen LogP contribution in [0.2, 0.25) is 0 Å². The molecule has 8 nitrogen and oxygen atoms in total. The van der Waals surface area contributed by atoms with E-state index in [1.807, 2.05) is 0 Å². The van der Waals surface area contributed by atoms with Crippen molar-refractivity contribution in [2.45, 2.75) is 0 Å². The molecule has 0 spiro atoms.